The first kappa shape index (κ1) is 29.9. The molecule has 0 N–H and O–H groups in total. The standard InChI is InChI=1S/C22H22F5N2.CH3.2ClH.Ti/c1-10-11(2)13(4)16(12(10)3)15-8-6-5-7-14(15)9-28-29-22-20(26)18(24)17(23)19(25)21(22)27;;;;/h5-13,16H,1-4H3;1H3;2*1H;/q2*-1;;;+2/p-2/b28-9+;;;;. The van der Waals surface area contributed by atoms with Crippen LogP contribution in [0, 0.1) is 60.2 Å². The number of nitrogens with zero attached hydrogens (tertiary/aromatic N) is 2. The topological polar surface area (TPSA) is 26.5 Å². The van der Waals surface area contributed by atoms with Gasteiger partial charge in [0, 0.05) is 6.21 Å². The Hall–Kier alpha value is -1.15. The molecule has 4 unspecified atom stereocenters. The fourth-order valence-corrected chi connectivity index (χ4v) is 4.42. The molecule has 1 aliphatic rings. The normalized spacial score (nSPS) is 24.2. The number of hydrogen-bond acceptors (Lipinski definition) is 1. The molecule has 0 bridgehead atoms. The molecule has 2 aromatic carbocycles. The fraction of sp³-hybridized carbons (Fsp3) is 0.391. The number of rotatable bonds is 4. The predicted octanol–water partition coefficient (Wildman–Crippen LogP) is 8.89. The van der Waals surface area contributed by atoms with Gasteiger partial charge in [0.2, 0.25) is 0 Å². The first-order chi connectivity index (χ1) is 15.1. The summed E-state index contributed by atoms with van der Waals surface area (Å²) in [5.74, 6) is -8.18. The van der Waals surface area contributed by atoms with Gasteiger partial charge in [-0.1, -0.05) is 52.0 Å². The Morgan fingerprint density at radius 2 is 1.21 bits per heavy atom. The fourth-order valence-electron chi connectivity index (χ4n) is 4.42. The van der Waals surface area contributed by atoms with Crippen molar-refractivity contribution in [3.8, 4) is 0 Å². The van der Waals surface area contributed by atoms with E-state index >= 15 is 0 Å². The third-order valence-corrected chi connectivity index (χ3v) is 6.52. The minimum atomic E-state index is -2.22. The van der Waals surface area contributed by atoms with Crippen LogP contribution in [0.2, 0.25) is 0 Å². The average molecular weight is 543 g/mol. The molecule has 10 heteroatoms. The second-order valence-electron chi connectivity index (χ2n) is 7.93. The molecule has 0 aromatic heterocycles. The Balaban J connectivity index is 0.00000129. The van der Waals surface area contributed by atoms with E-state index in [1.807, 2.05) is 12.1 Å². The van der Waals surface area contributed by atoms with Crippen LogP contribution in [0.4, 0.5) is 27.6 Å². The van der Waals surface area contributed by atoms with Gasteiger partial charge >= 0.3 is 35.6 Å². The molecule has 0 heterocycles. The van der Waals surface area contributed by atoms with Gasteiger partial charge in [-0.05, 0) is 46.4 Å². The Morgan fingerprint density at radius 3 is 1.70 bits per heavy atom. The van der Waals surface area contributed by atoms with Crippen LogP contribution in [0.25, 0.3) is 5.43 Å². The molecule has 0 radical (unpaired) electrons. The Morgan fingerprint density at radius 1 is 0.788 bits per heavy atom. The van der Waals surface area contributed by atoms with E-state index in [0.29, 0.717) is 29.2 Å². The molecule has 4 atom stereocenters. The molecule has 33 heavy (non-hydrogen) atoms. The molecule has 0 aliphatic heterocycles. The molecule has 2 aromatic rings. The molecule has 3 rings (SSSR count). The van der Waals surface area contributed by atoms with E-state index in [1.165, 1.54) is 6.21 Å². The second kappa shape index (κ2) is 13.1. The van der Waals surface area contributed by atoms with Gasteiger partial charge in [-0.3, -0.25) is 0 Å². The van der Waals surface area contributed by atoms with E-state index in [1.54, 1.807) is 12.1 Å². The van der Waals surface area contributed by atoms with E-state index in [0.717, 1.165) is 5.56 Å². The summed E-state index contributed by atoms with van der Waals surface area (Å²) in [6, 6.07) is 7.46. The minimum absolute atomic E-state index is 0. The van der Waals surface area contributed by atoms with Gasteiger partial charge in [0.1, 0.15) is 0 Å². The second-order valence-corrected chi connectivity index (χ2v) is 10.5. The van der Waals surface area contributed by atoms with Crippen LogP contribution in [0.5, 0.6) is 0 Å². The summed E-state index contributed by atoms with van der Waals surface area (Å²) < 4.78 is 67.3. The number of benzene rings is 2. The Kier molecular flexibility index (Phi) is 11.8. The summed E-state index contributed by atoms with van der Waals surface area (Å²) in [7, 11) is 9.78. The first-order valence-corrected chi connectivity index (χ1v) is 14.2. The van der Waals surface area contributed by atoms with E-state index in [4.69, 9.17) is 18.6 Å². The van der Waals surface area contributed by atoms with Crippen LogP contribution in [0.1, 0.15) is 44.7 Å². The molecule has 0 amide bonds. The molecular weight excluding hydrogens is 518 g/mol. The molecule has 1 saturated carbocycles. The molecule has 1 aliphatic carbocycles. The van der Waals surface area contributed by atoms with Crippen molar-refractivity contribution in [3.05, 3.63) is 77.3 Å². The predicted molar refractivity (Wildman–Crippen MR) is 121 cm³/mol. The van der Waals surface area contributed by atoms with Crippen molar-refractivity contribution in [1.29, 1.82) is 0 Å². The van der Waals surface area contributed by atoms with Crippen molar-refractivity contribution >= 4 is 30.5 Å². The molecule has 0 spiro atoms. The van der Waals surface area contributed by atoms with Crippen molar-refractivity contribution in [3.63, 3.8) is 0 Å². The van der Waals surface area contributed by atoms with Crippen LogP contribution >= 0.6 is 18.6 Å². The van der Waals surface area contributed by atoms with E-state index < -0.39 is 51.8 Å². The van der Waals surface area contributed by atoms with Gasteiger partial charge in [-0.2, -0.15) is 0 Å². The van der Waals surface area contributed by atoms with Crippen LogP contribution in [0.3, 0.4) is 0 Å². The van der Waals surface area contributed by atoms with Crippen molar-refractivity contribution in [1.82, 2.24) is 0 Å². The molecular formula is C23H25Cl2F5N2Ti-2. The number of halogens is 7. The van der Waals surface area contributed by atoms with Crippen LogP contribution < -0.4 is 0 Å². The Bertz CT molecular complexity index is 933. The van der Waals surface area contributed by atoms with Crippen molar-refractivity contribution < 1.29 is 39.0 Å². The van der Waals surface area contributed by atoms with Gasteiger partial charge in [-0.25, -0.2) is 22.0 Å². The van der Waals surface area contributed by atoms with Crippen molar-refractivity contribution in [2.45, 2.75) is 33.6 Å². The SMILES string of the molecule is CC1C(C)C(C)C(c2ccccc2/C=N/[N-]c2c(F)c(F)c(F)c(F)c2F)C1C.[CH3-].[Cl][Ti][Cl]. The van der Waals surface area contributed by atoms with E-state index in [2.05, 4.69) is 38.2 Å². The third kappa shape index (κ3) is 6.30. The molecule has 0 saturated heterocycles. The van der Waals surface area contributed by atoms with Crippen LogP contribution in [-0.4, -0.2) is 6.21 Å². The van der Waals surface area contributed by atoms with Crippen molar-refractivity contribution in [2.75, 3.05) is 0 Å². The summed E-state index contributed by atoms with van der Waals surface area (Å²) in [5.41, 5.74) is 3.69. The molecule has 182 valence electrons. The maximum atomic E-state index is 13.8. The maximum absolute atomic E-state index is 13.8. The summed E-state index contributed by atoms with van der Waals surface area (Å²) in [5, 5.41) is 3.63. The summed E-state index contributed by atoms with van der Waals surface area (Å²) in [6.45, 7) is 8.84. The van der Waals surface area contributed by atoms with E-state index in [-0.39, 0.29) is 13.3 Å². The zero-order valence-corrected chi connectivity index (χ0v) is 21.9. The summed E-state index contributed by atoms with van der Waals surface area (Å²) >= 11 is -0.556. The van der Waals surface area contributed by atoms with Gasteiger partial charge in [0.05, 0.1) is 0 Å². The van der Waals surface area contributed by atoms with Crippen LogP contribution in [0.15, 0.2) is 29.4 Å². The van der Waals surface area contributed by atoms with Gasteiger partial charge < -0.3 is 18.0 Å². The van der Waals surface area contributed by atoms with Crippen LogP contribution in [-0.2, 0) is 17.0 Å². The first-order valence-electron chi connectivity index (χ1n) is 9.89. The quantitative estimate of drug-likeness (QED) is 0.0701. The van der Waals surface area contributed by atoms with Gasteiger partial charge in [0.25, 0.3) is 0 Å². The number of hydrogen-bond donors (Lipinski definition) is 0. The monoisotopic (exact) mass is 542 g/mol. The summed E-state index contributed by atoms with van der Waals surface area (Å²) in [6.07, 6.45) is 1.29. The molecule has 2 nitrogen and oxygen atoms in total. The average Bonchev–Trinajstić information content (AvgIpc) is 2.97. The molecule has 1 fully saturated rings. The Labute approximate surface area is 208 Å². The van der Waals surface area contributed by atoms with Crippen molar-refractivity contribution in [2.24, 2.45) is 28.8 Å². The third-order valence-electron chi connectivity index (χ3n) is 6.52. The van der Waals surface area contributed by atoms with Gasteiger partial charge in [0.15, 0.2) is 29.1 Å². The zero-order chi connectivity index (χ0) is 24.2. The van der Waals surface area contributed by atoms with Gasteiger partial charge in [-0.15, -0.1) is 0 Å². The summed E-state index contributed by atoms with van der Waals surface area (Å²) in [4.78, 5) is 0. The zero-order valence-electron chi connectivity index (χ0n) is 18.8. The van der Waals surface area contributed by atoms with E-state index in [9.17, 15) is 22.0 Å².